The van der Waals surface area contributed by atoms with E-state index in [0.29, 0.717) is 16.7 Å². The molecule has 1 aliphatic carbocycles. The van der Waals surface area contributed by atoms with Crippen LogP contribution in [0.2, 0.25) is 0 Å². The average molecular weight is 300 g/mol. The molecule has 0 fully saturated rings. The number of phenolic OH excluding ortho intramolecular Hbond substituents is 5. The lowest BCUT2D eigenvalue weighted by molar-refractivity contribution is 0.103. The highest BCUT2D eigenvalue weighted by Gasteiger charge is 2.28. The maximum absolute atomic E-state index is 12.3. The zero-order valence-electron chi connectivity index (χ0n) is 11.2. The molecule has 3 rings (SSSR count). The van der Waals surface area contributed by atoms with Gasteiger partial charge in [-0.3, -0.25) is 4.79 Å². The van der Waals surface area contributed by atoms with Crippen molar-refractivity contribution < 1.29 is 30.3 Å². The van der Waals surface area contributed by atoms with E-state index in [-0.39, 0.29) is 29.3 Å². The van der Waals surface area contributed by atoms with E-state index >= 15 is 0 Å². The summed E-state index contributed by atoms with van der Waals surface area (Å²) >= 11 is 0. The minimum absolute atomic E-state index is 0.134. The molecule has 0 atom stereocenters. The maximum atomic E-state index is 12.3. The Morgan fingerprint density at radius 1 is 0.864 bits per heavy atom. The number of rotatable bonds is 1. The summed E-state index contributed by atoms with van der Waals surface area (Å²) in [6.45, 7) is 0. The van der Waals surface area contributed by atoms with Crippen molar-refractivity contribution in [3.63, 3.8) is 0 Å². The third kappa shape index (κ3) is 2.10. The van der Waals surface area contributed by atoms with Gasteiger partial charge in [-0.1, -0.05) is 0 Å². The Balaban J connectivity index is 2.05. The summed E-state index contributed by atoms with van der Waals surface area (Å²) in [5.41, 5.74) is 1.30. The molecule has 0 saturated carbocycles. The summed E-state index contributed by atoms with van der Waals surface area (Å²) in [6, 6.07) is 4.91. The summed E-state index contributed by atoms with van der Waals surface area (Å²) in [5.74, 6) is -2.46. The lowest BCUT2D eigenvalue weighted by Gasteiger charge is -2.03. The van der Waals surface area contributed by atoms with Gasteiger partial charge in [-0.05, 0) is 35.4 Å². The second-order valence-corrected chi connectivity index (χ2v) is 5.08. The molecule has 2 aromatic rings. The van der Waals surface area contributed by atoms with Gasteiger partial charge in [-0.2, -0.15) is 0 Å². The Hall–Kier alpha value is -3.15. The van der Waals surface area contributed by atoms with E-state index in [2.05, 4.69) is 0 Å². The number of ketones is 1. The highest BCUT2D eigenvalue weighted by atomic mass is 16.3. The van der Waals surface area contributed by atoms with Gasteiger partial charge in [-0.25, -0.2) is 0 Å². The number of aromatic hydroxyl groups is 5. The lowest BCUT2D eigenvalue weighted by Crippen LogP contribution is -1.95. The minimum Gasteiger partial charge on any atom is -0.508 e. The van der Waals surface area contributed by atoms with Gasteiger partial charge >= 0.3 is 0 Å². The standard InChI is InChI=1S/C16H12O6/c17-10-5-8-4-9(15(21)14(8)11(18)6-10)1-7-2-12(19)16(22)13(20)3-7/h1-3,5-6,17-20,22H,4H2/b9-1+. The van der Waals surface area contributed by atoms with Crippen LogP contribution in [0.25, 0.3) is 6.08 Å². The number of carbonyl (C=O) groups excluding carboxylic acids is 1. The number of benzene rings is 2. The van der Waals surface area contributed by atoms with Crippen LogP contribution in [-0.4, -0.2) is 31.3 Å². The van der Waals surface area contributed by atoms with Crippen LogP contribution in [0.5, 0.6) is 28.7 Å². The zero-order valence-corrected chi connectivity index (χ0v) is 11.2. The molecule has 6 nitrogen and oxygen atoms in total. The Kier molecular flexibility index (Phi) is 2.95. The van der Waals surface area contributed by atoms with Crippen LogP contribution in [0.15, 0.2) is 29.8 Å². The highest BCUT2D eigenvalue weighted by Crippen LogP contribution is 2.39. The fourth-order valence-corrected chi connectivity index (χ4v) is 2.54. The number of Topliss-reactive ketones (excluding diaryl/α,β-unsaturated/α-hetero) is 1. The number of hydrogen-bond acceptors (Lipinski definition) is 6. The number of fused-ring (bicyclic) bond motifs is 1. The van der Waals surface area contributed by atoms with Crippen molar-refractivity contribution in [3.05, 3.63) is 46.5 Å². The van der Waals surface area contributed by atoms with Crippen molar-refractivity contribution in [2.75, 3.05) is 0 Å². The monoisotopic (exact) mass is 300 g/mol. The molecular formula is C16H12O6. The summed E-state index contributed by atoms with van der Waals surface area (Å²) in [5, 5.41) is 47.5. The zero-order chi connectivity index (χ0) is 16.0. The first kappa shape index (κ1) is 13.8. The smallest absolute Gasteiger partial charge is 0.200 e. The van der Waals surface area contributed by atoms with Crippen molar-refractivity contribution in [1.82, 2.24) is 0 Å². The van der Waals surface area contributed by atoms with E-state index in [1.807, 2.05) is 0 Å². The second-order valence-electron chi connectivity index (χ2n) is 5.08. The third-order valence-electron chi connectivity index (χ3n) is 3.52. The molecule has 2 aromatic carbocycles. The molecule has 112 valence electrons. The summed E-state index contributed by atoms with van der Waals surface area (Å²) in [6.07, 6.45) is 1.65. The largest absolute Gasteiger partial charge is 0.508 e. The number of carbonyl (C=O) groups is 1. The van der Waals surface area contributed by atoms with Crippen LogP contribution in [0.1, 0.15) is 21.5 Å². The first-order valence-electron chi connectivity index (χ1n) is 6.42. The fourth-order valence-electron chi connectivity index (χ4n) is 2.54. The number of hydrogen-bond donors (Lipinski definition) is 5. The fraction of sp³-hybridized carbons (Fsp3) is 0.0625. The molecular weight excluding hydrogens is 288 g/mol. The Morgan fingerprint density at radius 2 is 1.50 bits per heavy atom. The van der Waals surface area contributed by atoms with Crippen molar-refractivity contribution >= 4 is 11.9 Å². The van der Waals surface area contributed by atoms with E-state index < -0.39 is 17.2 Å². The molecule has 5 N–H and O–H groups in total. The molecule has 0 spiro atoms. The second kappa shape index (κ2) is 4.70. The van der Waals surface area contributed by atoms with E-state index in [1.54, 1.807) is 0 Å². The van der Waals surface area contributed by atoms with Gasteiger partial charge in [0.2, 0.25) is 0 Å². The van der Waals surface area contributed by atoms with Gasteiger partial charge in [0, 0.05) is 18.1 Å². The Bertz CT molecular complexity index is 812. The van der Waals surface area contributed by atoms with E-state index in [4.69, 9.17) is 0 Å². The van der Waals surface area contributed by atoms with Crippen LogP contribution in [0, 0.1) is 0 Å². The van der Waals surface area contributed by atoms with Gasteiger partial charge in [-0.15, -0.1) is 0 Å². The van der Waals surface area contributed by atoms with Gasteiger partial charge in [0.05, 0.1) is 5.56 Å². The third-order valence-corrected chi connectivity index (χ3v) is 3.52. The normalized spacial score (nSPS) is 15.3. The molecule has 0 aliphatic heterocycles. The van der Waals surface area contributed by atoms with Crippen LogP contribution in [0.3, 0.4) is 0 Å². The Morgan fingerprint density at radius 3 is 2.14 bits per heavy atom. The maximum Gasteiger partial charge on any atom is 0.200 e. The molecule has 0 heterocycles. The van der Waals surface area contributed by atoms with Crippen molar-refractivity contribution in [2.24, 2.45) is 0 Å². The minimum atomic E-state index is -0.634. The molecule has 0 saturated heterocycles. The summed E-state index contributed by atoms with van der Waals surface area (Å²) < 4.78 is 0. The number of phenols is 5. The predicted octanol–water partition coefficient (Wildman–Crippen LogP) is 2.04. The van der Waals surface area contributed by atoms with Gasteiger partial charge in [0.15, 0.2) is 23.0 Å². The summed E-state index contributed by atoms with van der Waals surface area (Å²) in [4.78, 5) is 12.3. The van der Waals surface area contributed by atoms with Crippen molar-refractivity contribution in [1.29, 1.82) is 0 Å². The van der Waals surface area contributed by atoms with Crippen LogP contribution >= 0.6 is 0 Å². The van der Waals surface area contributed by atoms with Crippen LogP contribution < -0.4 is 0 Å². The molecule has 22 heavy (non-hydrogen) atoms. The first-order valence-corrected chi connectivity index (χ1v) is 6.42. The van der Waals surface area contributed by atoms with Crippen LogP contribution in [0.4, 0.5) is 0 Å². The molecule has 1 aliphatic rings. The molecule has 0 unspecified atom stereocenters. The molecule has 0 radical (unpaired) electrons. The SMILES string of the molecule is O=C1/C(=C/c2cc(O)c(O)c(O)c2)Cc2cc(O)cc(O)c21. The number of allylic oxidation sites excluding steroid dienone is 1. The summed E-state index contributed by atoms with van der Waals surface area (Å²) in [7, 11) is 0. The lowest BCUT2D eigenvalue weighted by atomic mass is 10.1. The van der Waals surface area contributed by atoms with Gasteiger partial charge in [0.25, 0.3) is 0 Å². The quantitative estimate of drug-likeness (QED) is 0.406. The predicted molar refractivity (Wildman–Crippen MR) is 77.2 cm³/mol. The molecule has 0 amide bonds. The first-order chi connectivity index (χ1) is 10.4. The molecule has 6 heteroatoms. The van der Waals surface area contributed by atoms with Crippen LogP contribution in [-0.2, 0) is 6.42 Å². The van der Waals surface area contributed by atoms with E-state index in [1.165, 1.54) is 24.3 Å². The van der Waals surface area contributed by atoms with Gasteiger partial charge in [0.1, 0.15) is 11.5 Å². The molecule has 0 aromatic heterocycles. The van der Waals surface area contributed by atoms with Crippen molar-refractivity contribution in [3.8, 4) is 28.7 Å². The Labute approximate surface area is 124 Å². The highest BCUT2D eigenvalue weighted by molar-refractivity contribution is 6.17. The van der Waals surface area contributed by atoms with E-state index in [0.717, 1.165) is 6.07 Å². The van der Waals surface area contributed by atoms with E-state index in [9.17, 15) is 30.3 Å². The topological polar surface area (TPSA) is 118 Å². The molecule has 0 bridgehead atoms. The average Bonchev–Trinajstić information content (AvgIpc) is 2.72. The van der Waals surface area contributed by atoms with Gasteiger partial charge < -0.3 is 25.5 Å². The van der Waals surface area contributed by atoms with Crippen molar-refractivity contribution in [2.45, 2.75) is 6.42 Å².